The zero-order chi connectivity index (χ0) is 17.9. The number of nitrogens with one attached hydrogen (secondary N) is 2. The first-order valence-corrected chi connectivity index (χ1v) is 8.32. The molecule has 142 valence electrons. The average molecular weight is 463 g/mol. The van der Waals surface area contributed by atoms with Gasteiger partial charge >= 0.3 is 5.97 Å². The molecule has 0 spiro atoms. The minimum Gasteiger partial charge on any atom is -0.494 e. The molecule has 0 aliphatic rings. The standard InChI is InChI=1S/C18H29N3O3.HI/c1-6-23-16-11-14(4)7-8-15(16)12-21-18(19-5)20-10-9-17(22)24-13(2)3;/h7-8,11,13H,6,9-10,12H2,1-5H3,(H2,19,20,21);1H. The molecule has 25 heavy (non-hydrogen) atoms. The van der Waals surface area contributed by atoms with Gasteiger partial charge in [0, 0.05) is 25.7 Å². The molecule has 0 bridgehead atoms. The fraction of sp³-hybridized carbons (Fsp3) is 0.556. The third-order valence-electron chi connectivity index (χ3n) is 3.18. The van der Waals surface area contributed by atoms with E-state index in [1.165, 1.54) is 0 Å². The molecule has 1 aromatic rings. The topological polar surface area (TPSA) is 72.0 Å². The van der Waals surface area contributed by atoms with Gasteiger partial charge in [0.15, 0.2) is 5.96 Å². The number of rotatable bonds is 8. The number of aryl methyl sites for hydroxylation is 1. The van der Waals surface area contributed by atoms with E-state index in [9.17, 15) is 4.79 Å². The summed E-state index contributed by atoms with van der Waals surface area (Å²) < 4.78 is 10.8. The molecular formula is C18H30IN3O3. The van der Waals surface area contributed by atoms with Gasteiger partial charge < -0.3 is 20.1 Å². The van der Waals surface area contributed by atoms with Crippen molar-refractivity contribution in [3.63, 3.8) is 0 Å². The summed E-state index contributed by atoms with van der Waals surface area (Å²) in [7, 11) is 1.69. The van der Waals surface area contributed by atoms with Crippen LogP contribution in [0, 0.1) is 6.92 Å². The molecule has 0 aromatic heterocycles. The lowest BCUT2D eigenvalue weighted by Crippen LogP contribution is -2.38. The summed E-state index contributed by atoms with van der Waals surface area (Å²) in [5, 5.41) is 6.33. The number of halogens is 1. The molecule has 0 atom stereocenters. The lowest BCUT2D eigenvalue weighted by atomic mass is 10.1. The Balaban J connectivity index is 0.00000576. The fourth-order valence-corrected chi connectivity index (χ4v) is 2.10. The highest BCUT2D eigenvalue weighted by atomic mass is 127. The Morgan fingerprint density at radius 1 is 1.28 bits per heavy atom. The van der Waals surface area contributed by atoms with Crippen molar-refractivity contribution in [2.45, 2.75) is 46.8 Å². The summed E-state index contributed by atoms with van der Waals surface area (Å²) in [6.07, 6.45) is 0.210. The maximum atomic E-state index is 11.5. The zero-order valence-corrected chi connectivity index (χ0v) is 18.0. The van der Waals surface area contributed by atoms with E-state index in [0.29, 0.717) is 32.1 Å². The van der Waals surface area contributed by atoms with Crippen molar-refractivity contribution in [3.05, 3.63) is 29.3 Å². The molecule has 0 aliphatic heterocycles. The van der Waals surface area contributed by atoms with Crippen LogP contribution < -0.4 is 15.4 Å². The molecule has 2 N–H and O–H groups in total. The van der Waals surface area contributed by atoms with Crippen molar-refractivity contribution in [1.29, 1.82) is 0 Å². The van der Waals surface area contributed by atoms with Crippen LogP contribution in [-0.2, 0) is 16.1 Å². The summed E-state index contributed by atoms with van der Waals surface area (Å²) >= 11 is 0. The predicted octanol–water partition coefficient (Wildman–Crippen LogP) is 3.02. The fourth-order valence-electron chi connectivity index (χ4n) is 2.10. The van der Waals surface area contributed by atoms with Crippen molar-refractivity contribution in [2.24, 2.45) is 4.99 Å². The second-order valence-electron chi connectivity index (χ2n) is 5.69. The molecule has 0 fully saturated rings. The van der Waals surface area contributed by atoms with Crippen LogP contribution in [-0.4, -0.2) is 38.2 Å². The van der Waals surface area contributed by atoms with E-state index in [1.807, 2.05) is 39.8 Å². The van der Waals surface area contributed by atoms with E-state index in [4.69, 9.17) is 9.47 Å². The van der Waals surface area contributed by atoms with Gasteiger partial charge in [0.05, 0.1) is 19.1 Å². The van der Waals surface area contributed by atoms with Crippen molar-refractivity contribution >= 4 is 35.9 Å². The first-order chi connectivity index (χ1) is 11.5. The van der Waals surface area contributed by atoms with Gasteiger partial charge in [-0.3, -0.25) is 9.79 Å². The molecule has 0 saturated carbocycles. The van der Waals surface area contributed by atoms with Crippen LogP contribution in [0.25, 0.3) is 0 Å². The number of nitrogens with zero attached hydrogens (tertiary/aromatic N) is 1. The van der Waals surface area contributed by atoms with Crippen molar-refractivity contribution in [1.82, 2.24) is 10.6 Å². The lowest BCUT2D eigenvalue weighted by Gasteiger charge is -2.15. The molecule has 0 heterocycles. The van der Waals surface area contributed by atoms with E-state index < -0.39 is 0 Å². The Hall–Kier alpha value is -1.51. The maximum Gasteiger partial charge on any atom is 0.307 e. The second-order valence-corrected chi connectivity index (χ2v) is 5.69. The van der Waals surface area contributed by atoms with Crippen LogP contribution in [0.2, 0.25) is 0 Å². The smallest absolute Gasteiger partial charge is 0.307 e. The first-order valence-electron chi connectivity index (χ1n) is 8.32. The molecule has 6 nitrogen and oxygen atoms in total. The number of esters is 1. The third kappa shape index (κ3) is 9.52. The molecule has 0 saturated heterocycles. The Morgan fingerprint density at radius 2 is 2.00 bits per heavy atom. The molecule has 0 aliphatic carbocycles. The quantitative estimate of drug-likeness (QED) is 0.269. The second kappa shape index (κ2) is 12.8. The van der Waals surface area contributed by atoms with Gasteiger partial charge in [-0.15, -0.1) is 24.0 Å². The average Bonchev–Trinajstić information content (AvgIpc) is 2.51. The molecule has 1 aromatic carbocycles. The van der Waals surface area contributed by atoms with Crippen molar-refractivity contribution < 1.29 is 14.3 Å². The van der Waals surface area contributed by atoms with Gasteiger partial charge in [-0.1, -0.05) is 12.1 Å². The minimum atomic E-state index is -0.217. The number of ether oxygens (including phenoxy) is 2. The Morgan fingerprint density at radius 3 is 2.60 bits per heavy atom. The van der Waals surface area contributed by atoms with Gasteiger partial charge in [0.1, 0.15) is 5.75 Å². The summed E-state index contributed by atoms with van der Waals surface area (Å²) in [6, 6.07) is 6.12. The SMILES string of the molecule is CCOc1cc(C)ccc1CNC(=NC)NCCC(=O)OC(C)C.I. The first kappa shape index (κ1) is 23.5. The molecular weight excluding hydrogens is 433 g/mol. The molecule has 0 amide bonds. The highest BCUT2D eigenvalue weighted by molar-refractivity contribution is 14.0. The number of guanidine groups is 1. The molecule has 0 radical (unpaired) electrons. The monoisotopic (exact) mass is 463 g/mol. The molecule has 7 heteroatoms. The number of benzene rings is 1. The van der Waals surface area contributed by atoms with Gasteiger partial charge in [-0.05, 0) is 39.3 Å². The van der Waals surface area contributed by atoms with Crippen LogP contribution in [0.3, 0.4) is 0 Å². The minimum absolute atomic E-state index is 0. The molecule has 0 unspecified atom stereocenters. The number of hydrogen-bond donors (Lipinski definition) is 2. The van der Waals surface area contributed by atoms with Gasteiger partial charge in [-0.25, -0.2) is 0 Å². The van der Waals surface area contributed by atoms with Crippen LogP contribution in [0.1, 0.15) is 38.3 Å². The largest absolute Gasteiger partial charge is 0.494 e. The van der Waals surface area contributed by atoms with E-state index in [1.54, 1.807) is 7.05 Å². The van der Waals surface area contributed by atoms with Gasteiger partial charge in [-0.2, -0.15) is 0 Å². The van der Waals surface area contributed by atoms with Crippen molar-refractivity contribution in [3.8, 4) is 5.75 Å². The summed E-state index contributed by atoms with van der Waals surface area (Å²) in [5.41, 5.74) is 2.22. The van der Waals surface area contributed by atoms with E-state index in [2.05, 4.69) is 21.7 Å². The van der Waals surface area contributed by atoms with Crippen LogP contribution >= 0.6 is 24.0 Å². The van der Waals surface area contributed by atoms with E-state index in [0.717, 1.165) is 16.9 Å². The zero-order valence-electron chi connectivity index (χ0n) is 15.7. The Kier molecular flexibility index (Phi) is 12.0. The summed E-state index contributed by atoms with van der Waals surface area (Å²) in [4.78, 5) is 15.7. The van der Waals surface area contributed by atoms with Crippen LogP contribution in [0.5, 0.6) is 5.75 Å². The summed E-state index contributed by atoms with van der Waals surface area (Å²) in [5.74, 6) is 1.29. The van der Waals surface area contributed by atoms with E-state index >= 15 is 0 Å². The predicted molar refractivity (Wildman–Crippen MR) is 112 cm³/mol. The number of hydrogen-bond acceptors (Lipinski definition) is 4. The molecule has 1 rings (SSSR count). The maximum absolute atomic E-state index is 11.5. The van der Waals surface area contributed by atoms with Crippen LogP contribution in [0.4, 0.5) is 0 Å². The number of carbonyl (C=O) groups excluding carboxylic acids is 1. The van der Waals surface area contributed by atoms with Gasteiger partial charge in [0.2, 0.25) is 0 Å². The van der Waals surface area contributed by atoms with Gasteiger partial charge in [0.25, 0.3) is 0 Å². The van der Waals surface area contributed by atoms with Crippen LogP contribution in [0.15, 0.2) is 23.2 Å². The number of carbonyl (C=O) groups is 1. The normalized spacial score (nSPS) is 10.9. The number of aliphatic imine (C=N–C) groups is 1. The highest BCUT2D eigenvalue weighted by Crippen LogP contribution is 2.20. The van der Waals surface area contributed by atoms with E-state index in [-0.39, 0.29) is 36.0 Å². The Labute approximate surface area is 167 Å². The van der Waals surface area contributed by atoms with Crippen molar-refractivity contribution in [2.75, 3.05) is 20.2 Å². The lowest BCUT2D eigenvalue weighted by molar-refractivity contribution is -0.147. The third-order valence-corrected chi connectivity index (χ3v) is 3.18. The highest BCUT2D eigenvalue weighted by Gasteiger charge is 2.07. The Bertz CT molecular complexity index is 562. The summed E-state index contributed by atoms with van der Waals surface area (Å²) in [6.45, 7) is 9.37.